The number of rotatable bonds is 5. The van der Waals surface area contributed by atoms with Gasteiger partial charge in [0.15, 0.2) is 0 Å². The van der Waals surface area contributed by atoms with Crippen molar-refractivity contribution in [3.63, 3.8) is 0 Å². The van der Waals surface area contributed by atoms with Gasteiger partial charge in [-0.15, -0.1) is 0 Å². The Labute approximate surface area is 59.7 Å². The number of hydrogen-bond donors (Lipinski definition) is 0. The first-order valence-corrected chi connectivity index (χ1v) is 4.10. The summed E-state index contributed by atoms with van der Waals surface area (Å²) in [7, 11) is 0. The van der Waals surface area contributed by atoms with Gasteiger partial charge in [-0.2, -0.15) is 0 Å². The fourth-order valence-electron chi connectivity index (χ4n) is 0.874. The van der Waals surface area contributed by atoms with E-state index in [-0.39, 0.29) is 0 Å². The van der Waals surface area contributed by atoms with Crippen LogP contribution in [-0.4, -0.2) is 0 Å². The second-order valence-electron chi connectivity index (χ2n) is 2.86. The van der Waals surface area contributed by atoms with E-state index in [2.05, 4.69) is 20.8 Å². The van der Waals surface area contributed by atoms with Gasteiger partial charge in [0, 0.05) is 0 Å². The van der Waals surface area contributed by atoms with Gasteiger partial charge < -0.3 is 0 Å². The number of unbranched alkanes of at least 4 members (excludes halogenated alkanes) is 2. The maximum atomic E-state index is 3.81. The van der Waals surface area contributed by atoms with E-state index in [9.17, 15) is 0 Å². The largest absolute Gasteiger partial charge is 0.0651 e. The van der Waals surface area contributed by atoms with Crippen LogP contribution < -0.4 is 0 Å². The average molecular weight is 127 g/mol. The van der Waals surface area contributed by atoms with Crippen molar-refractivity contribution in [2.75, 3.05) is 0 Å². The third kappa shape index (κ3) is 5.88. The molecule has 0 heterocycles. The van der Waals surface area contributed by atoms with Gasteiger partial charge in [-0.05, 0) is 5.92 Å². The third-order valence-electron chi connectivity index (χ3n) is 1.89. The zero-order valence-electron chi connectivity index (χ0n) is 6.82. The van der Waals surface area contributed by atoms with Crippen molar-refractivity contribution in [1.29, 1.82) is 0 Å². The minimum absolute atomic E-state index is 0.927. The summed E-state index contributed by atoms with van der Waals surface area (Å²) in [5, 5.41) is 0. The molecule has 9 heavy (non-hydrogen) atoms. The second kappa shape index (κ2) is 6.12. The van der Waals surface area contributed by atoms with Crippen LogP contribution in [0.4, 0.5) is 0 Å². The Morgan fingerprint density at radius 3 is 2.44 bits per heavy atom. The molecule has 0 N–H and O–H groups in total. The van der Waals surface area contributed by atoms with Crippen LogP contribution in [0, 0.1) is 12.8 Å². The van der Waals surface area contributed by atoms with Gasteiger partial charge in [-0.3, -0.25) is 0 Å². The summed E-state index contributed by atoms with van der Waals surface area (Å²) in [6.45, 7) is 8.39. The Morgan fingerprint density at radius 2 is 2.00 bits per heavy atom. The van der Waals surface area contributed by atoms with Gasteiger partial charge in [0.25, 0.3) is 0 Å². The highest BCUT2D eigenvalue weighted by Gasteiger charge is 1.95. The first-order chi connectivity index (χ1) is 4.31. The van der Waals surface area contributed by atoms with E-state index in [1.54, 1.807) is 0 Å². The quantitative estimate of drug-likeness (QED) is 0.496. The van der Waals surface area contributed by atoms with Crippen molar-refractivity contribution in [3.05, 3.63) is 6.92 Å². The van der Waals surface area contributed by atoms with Gasteiger partial charge >= 0.3 is 0 Å². The molecule has 0 nitrogen and oxygen atoms in total. The van der Waals surface area contributed by atoms with E-state index in [0.717, 1.165) is 12.3 Å². The van der Waals surface area contributed by atoms with E-state index < -0.39 is 0 Å². The van der Waals surface area contributed by atoms with E-state index >= 15 is 0 Å². The lowest BCUT2D eigenvalue weighted by Gasteiger charge is -2.05. The van der Waals surface area contributed by atoms with E-state index in [4.69, 9.17) is 0 Å². The molecule has 0 heteroatoms. The summed E-state index contributed by atoms with van der Waals surface area (Å²) in [4.78, 5) is 0. The van der Waals surface area contributed by atoms with Gasteiger partial charge in [-0.1, -0.05) is 52.9 Å². The normalized spacial score (nSPS) is 13.7. The predicted octanol–water partition coefficient (Wildman–Crippen LogP) is 3.43. The van der Waals surface area contributed by atoms with Gasteiger partial charge in [0.1, 0.15) is 0 Å². The lowest BCUT2D eigenvalue weighted by molar-refractivity contribution is 0.486. The summed E-state index contributed by atoms with van der Waals surface area (Å²) < 4.78 is 0. The lowest BCUT2D eigenvalue weighted by atomic mass is 10.0. The van der Waals surface area contributed by atoms with Gasteiger partial charge in [0.05, 0.1) is 0 Å². The molecule has 0 amide bonds. The van der Waals surface area contributed by atoms with Crippen LogP contribution in [0.5, 0.6) is 0 Å². The summed E-state index contributed by atoms with van der Waals surface area (Å²) >= 11 is 0. The Morgan fingerprint density at radius 1 is 1.33 bits per heavy atom. The predicted molar refractivity (Wildman–Crippen MR) is 43.3 cm³/mol. The molecule has 1 unspecified atom stereocenters. The van der Waals surface area contributed by atoms with Crippen LogP contribution in [0.25, 0.3) is 0 Å². The first kappa shape index (κ1) is 9.00. The maximum absolute atomic E-state index is 3.81. The highest BCUT2D eigenvalue weighted by molar-refractivity contribution is 4.50. The topological polar surface area (TPSA) is 0 Å². The zero-order valence-corrected chi connectivity index (χ0v) is 6.82. The van der Waals surface area contributed by atoms with Crippen molar-refractivity contribution in [2.45, 2.75) is 46.0 Å². The Balaban J connectivity index is 2.88. The third-order valence-corrected chi connectivity index (χ3v) is 1.89. The van der Waals surface area contributed by atoms with Crippen LogP contribution in [0.3, 0.4) is 0 Å². The molecule has 1 atom stereocenters. The summed E-state index contributed by atoms with van der Waals surface area (Å²) in [5.41, 5.74) is 0. The monoisotopic (exact) mass is 127 g/mol. The van der Waals surface area contributed by atoms with Crippen molar-refractivity contribution >= 4 is 0 Å². The molecule has 0 saturated carbocycles. The molecule has 0 aromatic carbocycles. The molecule has 0 aromatic heterocycles. The van der Waals surface area contributed by atoms with E-state index in [0.29, 0.717) is 0 Å². The van der Waals surface area contributed by atoms with Crippen molar-refractivity contribution < 1.29 is 0 Å². The maximum Gasteiger partial charge on any atom is -0.0445 e. The Bertz CT molecular complexity index is 48.0. The Kier molecular flexibility index (Phi) is 6.12. The van der Waals surface area contributed by atoms with Crippen molar-refractivity contribution in [1.82, 2.24) is 0 Å². The van der Waals surface area contributed by atoms with Crippen LogP contribution in [0.2, 0.25) is 0 Å². The average Bonchev–Trinajstić information content (AvgIpc) is 1.89. The standard InChI is InChI=1S/C9H19/c1-4-6-7-8-9(3)5-2/h9H,1,4-8H2,2-3H3. The first-order valence-electron chi connectivity index (χ1n) is 4.10. The summed E-state index contributed by atoms with van der Waals surface area (Å²) in [6, 6.07) is 0. The molecule has 0 aliphatic carbocycles. The second-order valence-corrected chi connectivity index (χ2v) is 2.86. The van der Waals surface area contributed by atoms with Crippen LogP contribution in [-0.2, 0) is 0 Å². The van der Waals surface area contributed by atoms with E-state index in [1.165, 1.54) is 25.7 Å². The minimum Gasteiger partial charge on any atom is -0.0651 e. The molecular weight excluding hydrogens is 108 g/mol. The molecular formula is C9H19. The fourth-order valence-corrected chi connectivity index (χ4v) is 0.874. The molecule has 0 aliphatic heterocycles. The zero-order chi connectivity index (χ0) is 7.11. The molecule has 0 rings (SSSR count). The van der Waals surface area contributed by atoms with Crippen LogP contribution in [0.1, 0.15) is 46.0 Å². The highest BCUT2D eigenvalue weighted by atomic mass is 14.0. The molecule has 0 fully saturated rings. The number of hydrogen-bond acceptors (Lipinski definition) is 0. The summed E-state index contributed by atoms with van der Waals surface area (Å²) in [5.74, 6) is 0.927. The van der Waals surface area contributed by atoms with Crippen molar-refractivity contribution in [3.8, 4) is 0 Å². The molecule has 0 spiro atoms. The Hall–Kier alpha value is 0. The molecule has 1 radical (unpaired) electrons. The SMILES string of the molecule is [CH2]CCCCC(C)CC. The molecule has 0 saturated heterocycles. The molecule has 0 aliphatic rings. The molecule has 55 valence electrons. The fraction of sp³-hybridized carbons (Fsp3) is 0.889. The van der Waals surface area contributed by atoms with Gasteiger partial charge in [0.2, 0.25) is 0 Å². The lowest BCUT2D eigenvalue weighted by Crippen LogP contribution is -1.90. The van der Waals surface area contributed by atoms with Gasteiger partial charge in [-0.25, -0.2) is 0 Å². The van der Waals surface area contributed by atoms with Crippen LogP contribution in [0.15, 0.2) is 0 Å². The smallest absolute Gasteiger partial charge is 0.0445 e. The van der Waals surface area contributed by atoms with Crippen molar-refractivity contribution in [2.24, 2.45) is 5.92 Å². The summed E-state index contributed by atoms with van der Waals surface area (Å²) in [6.07, 6.45) is 6.52. The molecule has 0 bridgehead atoms. The molecule has 0 aromatic rings. The van der Waals surface area contributed by atoms with E-state index in [1.807, 2.05) is 0 Å². The van der Waals surface area contributed by atoms with Crippen LogP contribution >= 0.6 is 0 Å². The minimum atomic E-state index is 0.927. The highest BCUT2D eigenvalue weighted by Crippen LogP contribution is 2.11.